The van der Waals surface area contributed by atoms with Crippen molar-refractivity contribution in [1.82, 2.24) is 10.1 Å². The van der Waals surface area contributed by atoms with E-state index in [2.05, 4.69) is 14.7 Å². The highest BCUT2D eigenvalue weighted by Gasteiger charge is 2.35. The van der Waals surface area contributed by atoms with Gasteiger partial charge in [-0.3, -0.25) is 4.72 Å². The van der Waals surface area contributed by atoms with Crippen LogP contribution in [-0.4, -0.2) is 30.5 Å². The Morgan fingerprint density at radius 3 is 2.78 bits per heavy atom. The minimum Gasteiger partial charge on any atom is -0.334 e. The van der Waals surface area contributed by atoms with Crippen LogP contribution in [0.4, 0.5) is 19.0 Å². The van der Waals surface area contributed by atoms with Crippen LogP contribution in [0.3, 0.4) is 0 Å². The van der Waals surface area contributed by atoms with Gasteiger partial charge >= 0.3 is 6.18 Å². The predicted octanol–water partition coefficient (Wildman–Crippen LogP) is 1.53. The van der Waals surface area contributed by atoms with Gasteiger partial charge in [0.2, 0.25) is 10.0 Å². The first-order valence-corrected chi connectivity index (χ1v) is 6.20. The van der Waals surface area contributed by atoms with Gasteiger partial charge in [-0.05, 0) is 12.1 Å². The van der Waals surface area contributed by atoms with Gasteiger partial charge in [0.1, 0.15) is 0 Å². The van der Waals surface area contributed by atoms with E-state index in [0.29, 0.717) is 0 Å². The summed E-state index contributed by atoms with van der Waals surface area (Å²) in [5.41, 5.74) is 0.0298. The van der Waals surface area contributed by atoms with E-state index in [4.69, 9.17) is 0 Å². The highest BCUT2D eigenvalue weighted by atomic mass is 32.2. The Balaban J connectivity index is 2.29. The number of alkyl halides is 3. The van der Waals surface area contributed by atoms with E-state index in [-0.39, 0.29) is 16.9 Å². The molecule has 1 N–H and O–H groups in total. The summed E-state index contributed by atoms with van der Waals surface area (Å²) in [5, 5.41) is 3.50. The first-order chi connectivity index (χ1) is 8.27. The van der Waals surface area contributed by atoms with E-state index in [1.54, 1.807) is 4.72 Å². The van der Waals surface area contributed by atoms with Crippen LogP contribution < -0.4 is 4.72 Å². The zero-order valence-electron chi connectivity index (χ0n) is 8.60. The van der Waals surface area contributed by atoms with Crippen LogP contribution in [0.5, 0.6) is 0 Å². The fraction of sp³-hybridized carbons (Fsp3) is 0.250. The molecule has 0 bridgehead atoms. The van der Waals surface area contributed by atoms with E-state index in [1.807, 2.05) is 0 Å². The summed E-state index contributed by atoms with van der Waals surface area (Å²) in [6.07, 6.45) is -3.45. The van der Waals surface area contributed by atoms with Crippen LogP contribution in [0.1, 0.15) is 0 Å². The standard InChI is InChI=1S/C8H6F3N3O3S/c9-8(10,11)4-18(15,16)14-6-5-2-1-3-12-7(5)17-13-6/h1-3H,4H2,(H,13,14). The first kappa shape index (κ1) is 12.6. The molecular weight excluding hydrogens is 275 g/mol. The highest BCUT2D eigenvalue weighted by Crippen LogP contribution is 2.23. The van der Waals surface area contributed by atoms with Gasteiger partial charge in [-0.2, -0.15) is 13.2 Å². The molecule has 0 atom stereocenters. The van der Waals surface area contributed by atoms with E-state index < -0.39 is 22.0 Å². The molecule has 2 heterocycles. The van der Waals surface area contributed by atoms with Crippen molar-refractivity contribution in [2.24, 2.45) is 0 Å². The molecule has 0 unspecified atom stereocenters. The van der Waals surface area contributed by atoms with Gasteiger partial charge in [0.25, 0.3) is 5.71 Å². The second-order valence-corrected chi connectivity index (χ2v) is 5.09. The number of nitrogens with zero attached hydrogens (tertiary/aromatic N) is 2. The Kier molecular flexibility index (Phi) is 2.89. The predicted molar refractivity (Wildman–Crippen MR) is 55.3 cm³/mol. The summed E-state index contributed by atoms with van der Waals surface area (Å²) >= 11 is 0. The molecule has 0 fully saturated rings. The van der Waals surface area contributed by atoms with Crippen LogP contribution in [0.2, 0.25) is 0 Å². The molecule has 0 radical (unpaired) electrons. The lowest BCUT2D eigenvalue weighted by Gasteiger charge is -2.07. The number of hydrogen-bond donors (Lipinski definition) is 1. The largest absolute Gasteiger partial charge is 0.404 e. The molecular formula is C8H6F3N3O3S. The van der Waals surface area contributed by atoms with Gasteiger partial charge < -0.3 is 4.52 Å². The molecule has 0 aliphatic rings. The molecule has 0 spiro atoms. The molecule has 10 heteroatoms. The third-order valence-corrected chi connectivity index (χ3v) is 3.07. The van der Waals surface area contributed by atoms with Crippen molar-refractivity contribution in [1.29, 1.82) is 0 Å². The minimum absolute atomic E-state index is 0.0298. The van der Waals surface area contributed by atoms with Crippen LogP contribution in [0, 0.1) is 0 Å². The molecule has 0 aromatic carbocycles. The van der Waals surface area contributed by atoms with Crippen LogP contribution in [0.25, 0.3) is 11.1 Å². The van der Waals surface area contributed by atoms with Crippen molar-refractivity contribution in [3.63, 3.8) is 0 Å². The third kappa shape index (κ3) is 2.88. The molecule has 0 amide bonds. The maximum absolute atomic E-state index is 12.0. The smallest absolute Gasteiger partial charge is 0.334 e. The molecule has 2 rings (SSSR count). The maximum atomic E-state index is 12.0. The molecule has 6 nitrogen and oxygen atoms in total. The van der Waals surface area contributed by atoms with Gasteiger partial charge in [0.15, 0.2) is 11.6 Å². The zero-order valence-corrected chi connectivity index (χ0v) is 9.42. The number of fused-ring (bicyclic) bond motifs is 1. The van der Waals surface area contributed by atoms with Crippen molar-refractivity contribution in [3.05, 3.63) is 18.3 Å². The topological polar surface area (TPSA) is 85.1 Å². The summed E-state index contributed by atoms with van der Waals surface area (Å²) in [6.45, 7) is 0. The third-order valence-electron chi connectivity index (χ3n) is 1.86. The van der Waals surface area contributed by atoms with E-state index in [9.17, 15) is 21.6 Å². The Morgan fingerprint density at radius 2 is 2.11 bits per heavy atom. The lowest BCUT2D eigenvalue weighted by atomic mass is 10.3. The maximum Gasteiger partial charge on any atom is 0.404 e. The molecule has 0 aliphatic heterocycles. The molecule has 98 valence electrons. The number of rotatable bonds is 3. The molecule has 2 aromatic heterocycles. The Hall–Kier alpha value is -1.84. The number of pyridine rings is 1. The number of aromatic nitrogens is 2. The van der Waals surface area contributed by atoms with Gasteiger partial charge in [-0.25, -0.2) is 13.4 Å². The SMILES string of the molecule is O=S(=O)(CC(F)(F)F)Nc1noc2ncccc12. The summed E-state index contributed by atoms with van der Waals surface area (Å²) in [7, 11) is -4.58. The van der Waals surface area contributed by atoms with E-state index in [1.165, 1.54) is 18.3 Å². The van der Waals surface area contributed by atoms with Gasteiger partial charge in [-0.15, -0.1) is 0 Å². The normalized spacial score (nSPS) is 12.8. The molecule has 0 aliphatic carbocycles. The first-order valence-electron chi connectivity index (χ1n) is 4.54. The van der Waals surface area contributed by atoms with Crippen molar-refractivity contribution in [3.8, 4) is 0 Å². The average molecular weight is 281 g/mol. The number of anilines is 1. The van der Waals surface area contributed by atoms with Crippen LogP contribution in [-0.2, 0) is 10.0 Å². The Bertz CT molecular complexity index is 665. The Morgan fingerprint density at radius 1 is 1.39 bits per heavy atom. The summed E-state index contributed by atoms with van der Waals surface area (Å²) < 4.78 is 64.9. The van der Waals surface area contributed by atoms with Gasteiger partial charge in [0.05, 0.1) is 5.39 Å². The number of nitrogens with one attached hydrogen (secondary N) is 1. The summed E-state index contributed by atoms with van der Waals surface area (Å²) in [5.74, 6) is -2.31. The molecule has 18 heavy (non-hydrogen) atoms. The average Bonchev–Trinajstić information content (AvgIpc) is 2.57. The summed E-state index contributed by atoms with van der Waals surface area (Å²) in [6, 6.07) is 2.89. The number of hydrogen-bond acceptors (Lipinski definition) is 5. The molecule has 0 saturated heterocycles. The van der Waals surface area contributed by atoms with Gasteiger partial charge in [0, 0.05) is 6.20 Å². The zero-order chi connectivity index (χ0) is 13.4. The lowest BCUT2D eigenvalue weighted by molar-refractivity contribution is -0.106. The summed E-state index contributed by atoms with van der Waals surface area (Å²) in [4.78, 5) is 3.72. The van der Waals surface area contributed by atoms with Crippen LogP contribution in [0.15, 0.2) is 22.9 Å². The fourth-order valence-corrected chi connectivity index (χ4v) is 2.20. The van der Waals surface area contributed by atoms with Crippen molar-refractivity contribution >= 4 is 26.9 Å². The van der Waals surface area contributed by atoms with Crippen LogP contribution >= 0.6 is 0 Å². The van der Waals surface area contributed by atoms with E-state index >= 15 is 0 Å². The van der Waals surface area contributed by atoms with Crippen molar-refractivity contribution in [2.45, 2.75) is 6.18 Å². The quantitative estimate of drug-likeness (QED) is 0.922. The number of halogens is 3. The molecule has 2 aromatic rings. The molecule has 0 saturated carbocycles. The van der Waals surface area contributed by atoms with Crippen molar-refractivity contribution < 1.29 is 26.1 Å². The Labute approximate surface area is 98.8 Å². The van der Waals surface area contributed by atoms with Crippen molar-refractivity contribution in [2.75, 3.05) is 10.5 Å². The number of sulfonamides is 1. The van der Waals surface area contributed by atoms with Gasteiger partial charge in [-0.1, -0.05) is 5.16 Å². The second-order valence-electron chi connectivity index (χ2n) is 3.36. The monoisotopic (exact) mass is 281 g/mol. The van der Waals surface area contributed by atoms with E-state index in [0.717, 1.165) is 0 Å². The fourth-order valence-electron chi connectivity index (χ4n) is 1.25. The highest BCUT2D eigenvalue weighted by molar-refractivity contribution is 7.92. The minimum atomic E-state index is -4.83. The lowest BCUT2D eigenvalue weighted by Crippen LogP contribution is -2.28. The second kappa shape index (κ2) is 4.12.